The van der Waals surface area contributed by atoms with Crippen LogP contribution < -0.4 is 9.84 Å². The molecule has 0 aliphatic carbocycles. The van der Waals surface area contributed by atoms with Crippen molar-refractivity contribution in [1.29, 1.82) is 0 Å². The molecule has 3 heteroatoms. The van der Waals surface area contributed by atoms with E-state index >= 15 is 0 Å². The molecule has 0 aliphatic heterocycles. The Morgan fingerprint density at radius 3 is 2.57 bits per heavy atom. The van der Waals surface area contributed by atoms with Crippen molar-refractivity contribution < 1.29 is 14.6 Å². The molecule has 3 nitrogen and oxygen atoms in total. The number of benzene rings is 1. The van der Waals surface area contributed by atoms with Gasteiger partial charge in [-0.25, -0.2) is 0 Å². The second-order valence-electron chi connectivity index (χ2n) is 5.23. The van der Waals surface area contributed by atoms with E-state index in [0.717, 1.165) is 35.8 Å². The summed E-state index contributed by atoms with van der Waals surface area (Å²) >= 11 is 0. The predicted molar refractivity (Wildman–Crippen MR) is 84.1 cm³/mol. The Morgan fingerprint density at radius 1 is 1.19 bits per heavy atom. The van der Waals surface area contributed by atoms with Gasteiger partial charge in [-0.2, -0.15) is 0 Å². The van der Waals surface area contributed by atoms with Gasteiger partial charge in [-0.1, -0.05) is 51.2 Å². The van der Waals surface area contributed by atoms with Gasteiger partial charge < -0.3 is 14.6 Å². The molecule has 0 saturated carbocycles. The van der Waals surface area contributed by atoms with Crippen molar-refractivity contribution in [1.82, 2.24) is 0 Å². The largest absolute Gasteiger partial charge is 0.545 e. The average molecular weight is 289 g/mol. The van der Waals surface area contributed by atoms with Gasteiger partial charge in [0.1, 0.15) is 5.75 Å². The van der Waals surface area contributed by atoms with Crippen molar-refractivity contribution in [3.63, 3.8) is 0 Å². The first kappa shape index (κ1) is 17.3. The van der Waals surface area contributed by atoms with Gasteiger partial charge >= 0.3 is 0 Å². The number of carboxylic acids is 1. The van der Waals surface area contributed by atoms with E-state index in [2.05, 4.69) is 6.92 Å². The van der Waals surface area contributed by atoms with Crippen LogP contribution in [0.2, 0.25) is 0 Å². The van der Waals surface area contributed by atoms with Crippen LogP contribution in [0.3, 0.4) is 0 Å². The average Bonchev–Trinajstić information content (AvgIpc) is 2.49. The van der Waals surface area contributed by atoms with E-state index in [0.29, 0.717) is 0 Å². The van der Waals surface area contributed by atoms with Crippen molar-refractivity contribution in [2.24, 2.45) is 0 Å². The molecule has 0 atom stereocenters. The second-order valence-corrected chi connectivity index (χ2v) is 5.23. The van der Waals surface area contributed by atoms with Gasteiger partial charge in [-0.05, 0) is 42.2 Å². The molecule has 0 fully saturated rings. The topological polar surface area (TPSA) is 49.4 Å². The van der Waals surface area contributed by atoms with E-state index in [1.807, 2.05) is 18.2 Å². The first-order valence-electron chi connectivity index (χ1n) is 7.73. The fourth-order valence-electron chi connectivity index (χ4n) is 2.34. The van der Waals surface area contributed by atoms with Crippen LogP contribution in [0.5, 0.6) is 5.75 Å². The van der Waals surface area contributed by atoms with E-state index in [4.69, 9.17) is 4.74 Å². The molecule has 0 amide bonds. The highest BCUT2D eigenvalue weighted by molar-refractivity contribution is 5.84. The molecule has 0 heterocycles. The number of ether oxygens (including phenoxy) is 1. The lowest BCUT2D eigenvalue weighted by molar-refractivity contribution is -0.297. The Labute approximate surface area is 127 Å². The normalized spacial score (nSPS) is 11.0. The van der Waals surface area contributed by atoms with Gasteiger partial charge in [0, 0.05) is 0 Å². The van der Waals surface area contributed by atoms with Crippen LogP contribution in [0.15, 0.2) is 24.3 Å². The van der Waals surface area contributed by atoms with E-state index in [-0.39, 0.29) is 0 Å². The molecule has 0 bridgehead atoms. The van der Waals surface area contributed by atoms with Crippen molar-refractivity contribution in [2.75, 3.05) is 7.11 Å². The summed E-state index contributed by atoms with van der Waals surface area (Å²) < 4.78 is 5.24. The van der Waals surface area contributed by atoms with Gasteiger partial charge in [-0.15, -0.1) is 0 Å². The third-order valence-corrected chi connectivity index (χ3v) is 3.55. The Morgan fingerprint density at radius 2 is 1.90 bits per heavy atom. The van der Waals surface area contributed by atoms with Crippen LogP contribution in [0, 0.1) is 0 Å². The third-order valence-electron chi connectivity index (χ3n) is 3.55. The number of methoxy groups -OCH3 is 1. The lowest BCUT2D eigenvalue weighted by atomic mass is 9.99. The number of carbonyl (C=O) groups is 1. The molecular formula is C18H25O3-. The molecule has 1 aromatic carbocycles. The van der Waals surface area contributed by atoms with Gasteiger partial charge in [0.25, 0.3) is 0 Å². The van der Waals surface area contributed by atoms with Crippen LogP contribution in [0.25, 0.3) is 6.08 Å². The maximum absolute atomic E-state index is 10.5. The molecule has 0 spiro atoms. The smallest absolute Gasteiger partial charge is 0.119 e. The first-order chi connectivity index (χ1) is 10.2. The molecule has 0 aliphatic rings. The number of aryl methyl sites for hydroxylation is 1. The highest BCUT2D eigenvalue weighted by Gasteiger charge is 2.02. The zero-order chi connectivity index (χ0) is 15.5. The number of rotatable bonds is 10. The Hall–Kier alpha value is -1.77. The Balaban J connectivity index is 2.61. The standard InChI is InChI=1S/C18H26O3/c1-3-4-5-6-7-8-9-16-14-17(21-2)12-10-15(16)11-13-18(19)20/h10-14H,3-9H2,1-2H3,(H,19,20)/p-1/b13-11+. The lowest BCUT2D eigenvalue weighted by Gasteiger charge is -2.09. The van der Waals surface area contributed by atoms with E-state index < -0.39 is 5.97 Å². The van der Waals surface area contributed by atoms with Crippen molar-refractivity contribution in [2.45, 2.75) is 51.9 Å². The third kappa shape index (κ3) is 6.98. The summed E-state index contributed by atoms with van der Waals surface area (Å²) in [5.41, 5.74) is 2.05. The summed E-state index contributed by atoms with van der Waals surface area (Å²) in [5.74, 6) is -0.363. The fraction of sp³-hybridized carbons (Fsp3) is 0.500. The molecule has 1 rings (SSSR count). The van der Waals surface area contributed by atoms with Crippen LogP contribution in [0.4, 0.5) is 0 Å². The van der Waals surface area contributed by atoms with Gasteiger partial charge in [0.2, 0.25) is 0 Å². The molecule has 0 radical (unpaired) electrons. The van der Waals surface area contributed by atoms with Gasteiger partial charge in [-0.3, -0.25) is 0 Å². The van der Waals surface area contributed by atoms with Crippen molar-refractivity contribution in [3.05, 3.63) is 35.4 Å². The quantitative estimate of drug-likeness (QED) is 0.490. The zero-order valence-electron chi connectivity index (χ0n) is 13.1. The second kappa shape index (κ2) is 10.0. The zero-order valence-corrected chi connectivity index (χ0v) is 13.1. The number of carboxylic acid groups (broad SMARTS) is 1. The molecule has 21 heavy (non-hydrogen) atoms. The van der Waals surface area contributed by atoms with Crippen molar-refractivity contribution in [3.8, 4) is 5.75 Å². The van der Waals surface area contributed by atoms with Crippen LogP contribution >= 0.6 is 0 Å². The molecule has 0 N–H and O–H groups in total. The number of carbonyl (C=O) groups excluding carboxylic acids is 1. The molecule has 116 valence electrons. The van der Waals surface area contributed by atoms with Crippen molar-refractivity contribution >= 4 is 12.0 Å². The number of aliphatic carboxylic acids is 1. The van der Waals surface area contributed by atoms with Crippen LogP contribution in [0.1, 0.15) is 56.6 Å². The summed E-state index contributed by atoms with van der Waals surface area (Å²) in [5, 5.41) is 10.5. The van der Waals surface area contributed by atoms with Gasteiger partial charge in [0.05, 0.1) is 13.1 Å². The highest BCUT2D eigenvalue weighted by Crippen LogP contribution is 2.21. The predicted octanol–water partition coefficient (Wildman–Crippen LogP) is 3.36. The Kier molecular flexibility index (Phi) is 8.25. The summed E-state index contributed by atoms with van der Waals surface area (Å²) in [6.45, 7) is 2.21. The maximum atomic E-state index is 10.5. The summed E-state index contributed by atoms with van der Waals surface area (Å²) in [6.07, 6.45) is 11.1. The number of unbranched alkanes of at least 4 members (excludes halogenated alkanes) is 5. The molecular weight excluding hydrogens is 264 g/mol. The molecule has 0 saturated heterocycles. The first-order valence-corrected chi connectivity index (χ1v) is 7.73. The minimum atomic E-state index is -1.17. The molecule has 1 aromatic rings. The fourth-order valence-corrected chi connectivity index (χ4v) is 2.34. The summed E-state index contributed by atoms with van der Waals surface area (Å²) in [7, 11) is 1.64. The molecule has 0 unspecified atom stereocenters. The molecule has 0 aromatic heterocycles. The SMILES string of the molecule is CCCCCCCCc1cc(OC)ccc1/C=C/C(=O)[O-]. The highest BCUT2D eigenvalue weighted by atomic mass is 16.5. The van der Waals surface area contributed by atoms with E-state index in [1.165, 1.54) is 32.1 Å². The Bertz CT molecular complexity index is 464. The van der Waals surface area contributed by atoms with E-state index in [1.54, 1.807) is 13.2 Å². The monoisotopic (exact) mass is 289 g/mol. The minimum absolute atomic E-state index is 0.807. The van der Waals surface area contributed by atoms with Crippen LogP contribution in [-0.4, -0.2) is 13.1 Å². The number of hydrogen-bond acceptors (Lipinski definition) is 3. The summed E-state index contributed by atoms with van der Waals surface area (Å²) in [6, 6.07) is 5.73. The van der Waals surface area contributed by atoms with E-state index in [9.17, 15) is 9.90 Å². The van der Waals surface area contributed by atoms with Gasteiger partial charge in [0.15, 0.2) is 0 Å². The summed E-state index contributed by atoms with van der Waals surface area (Å²) in [4.78, 5) is 10.5. The lowest BCUT2D eigenvalue weighted by Crippen LogP contribution is -2.18. The van der Waals surface area contributed by atoms with Crippen LogP contribution in [-0.2, 0) is 11.2 Å². The number of hydrogen-bond donors (Lipinski definition) is 0. The minimum Gasteiger partial charge on any atom is -0.545 e. The maximum Gasteiger partial charge on any atom is 0.119 e.